The van der Waals surface area contributed by atoms with Gasteiger partial charge in [0.15, 0.2) is 0 Å². The van der Waals surface area contributed by atoms with Crippen LogP contribution in [-0.4, -0.2) is 46.4 Å². The highest BCUT2D eigenvalue weighted by atomic mass is 16.6. The second kappa shape index (κ2) is 7.23. The van der Waals surface area contributed by atoms with Gasteiger partial charge in [0.25, 0.3) is 12.0 Å². The normalized spacial score (nSPS) is 11.2. The number of para-hydroxylation sites is 4. The first-order chi connectivity index (χ1) is 12.4. The maximum absolute atomic E-state index is 5.54. The zero-order valence-electron chi connectivity index (χ0n) is 13.6. The molecule has 0 amide bonds. The number of nitrogens with one attached hydrogen (secondary N) is 2. The predicted octanol–water partition coefficient (Wildman–Crippen LogP) is 2.91. The monoisotopic (exact) mass is 338 g/mol. The molecule has 128 valence electrons. The minimum atomic E-state index is 0.421. The largest absolute Gasteiger partial charge is 0.462 e. The fraction of sp³-hybridized carbons (Fsp3) is 0.222. The lowest BCUT2D eigenvalue weighted by atomic mass is 10.3. The van der Waals surface area contributed by atoms with E-state index < -0.39 is 0 Å². The highest BCUT2D eigenvalue weighted by Crippen LogP contribution is 2.15. The number of H-pyrrole nitrogens is 2. The van der Waals surface area contributed by atoms with Gasteiger partial charge < -0.3 is 24.2 Å². The van der Waals surface area contributed by atoms with E-state index in [9.17, 15) is 0 Å². The SMILES string of the molecule is c1ccc2[nH]c(OCCOCCOc3nc4ccccc4[nH]3)nc2c1. The van der Waals surface area contributed by atoms with Crippen molar-refractivity contribution in [2.75, 3.05) is 26.4 Å². The summed E-state index contributed by atoms with van der Waals surface area (Å²) in [5, 5.41) is 0. The van der Waals surface area contributed by atoms with Crippen LogP contribution >= 0.6 is 0 Å². The molecular weight excluding hydrogens is 320 g/mol. The molecule has 0 spiro atoms. The third-order valence-corrected chi connectivity index (χ3v) is 3.67. The third-order valence-electron chi connectivity index (χ3n) is 3.67. The Kier molecular flexibility index (Phi) is 4.47. The van der Waals surface area contributed by atoms with Crippen LogP contribution < -0.4 is 9.47 Å². The first kappa shape index (κ1) is 15.5. The van der Waals surface area contributed by atoms with Crippen molar-refractivity contribution in [3.8, 4) is 12.0 Å². The van der Waals surface area contributed by atoms with Crippen LogP contribution in [0.15, 0.2) is 48.5 Å². The zero-order chi connectivity index (χ0) is 16.9. The van der Waals surface area contributed by atoms with Crippen LogP contribution in [0, 0.1) is 0 Å². The number of hydrogen-bond donors (Lipinski definition) is 2. The van der Waals surface area contributed by atoms with Gasteiger partial charge >= 0.3 is 0 Å². The van der Waals surface area contributed by atoms with Gasteiger partial charge in [-0.05, 0) is 24.3 Å². The number of imidazole rings is 2. The molecule has 0 atom stereocenters. The Balaban J connectivity index is 1.15. The van der Waals surface area contributed by atoms with E-state index in [-0.39, 0.29) is 0 Å². The Morgan fingerprint density at radius 2 is 1.12 bits per heavy atom. The molecule has 0 bridgehead atoms. The van der Waals surface area contributed by atoms with Gasteiger partial charge in [0.05, 0.1) is 35.3 Å². The molecule has 0 radical (unpaired) electrons. The summed E-state index contributed by atoms with van der Waals surface area (Å²) >= 11 is 0. The lowest BCUT2D eigenvalue weighted by molar-refractivity contribution is 0.0724. The molecule has 25 heavy (non-hydrogen) atoms. The van der Waals surface area contributed by atoms with Crippen molar-refractivity contribution in [1.82, 2.24) is 19.9 Å². The van der Waals surface area contributed by atoms with Crippen LogP contribution in [0.5, 0.6) is 12.0 Å². The molecule has 0 aliphatic heterocycles. The minimum absolute atomic E-state index is 0.421. The third kappa shape index (κ3) is 3.72. The Morgan fingerprint density at radius 3 is 1.60 bits per heavy atom. The standard InChI is InChI=1S/C18H18N4O3/c1-2-6-14-13(5-1)19-17(20-14)24-11-9-23-10-12-25-18-21-15-7-3-4-8-16(15)22-18/h1-8H,9-12H2,(H,19,20)(H,21,22). The molecule has 2 aromatic carbocycles. The van der Waals surface area contributed by atoms with Crippen LogP contribution in [0.2, 0.25) is 0 Å². The van der Waals surface area contributed by atoms with Gasteiger partial charge in [0.1, 0.15) is 13.2 Å². The molecule has 7 nitrogen and oxygen atoms in total. The summed E-state index contributed by atoms with van der Waals surface area (Å²) in [5.41, 5.74) is 3.69. The van der Waals surface area contributed by atoms with Crippen molar-refractivity contribution in [2.24, 2.45) is 0 Å². The smallest absolute Gasteiger partial charge is 0.294 e. The maximum Gasteiger partial charge on any atom is 0.294 e. The van der Waals surface area contributed by atoms with Gasteiger partial charge in [0.2, 0.25) is 0 Å². The lowest BCUT2D eigenvalue weighted by Crippen LogP contribution is -2.12. The molecule has 0 aliphatic rings. The summed E-state index contributed by atoms with van der Waals surface area (Å²) in [5.74, 6) is 0. The van der Waals surface area contributed by atoms with Crippen LogP contribution in [0.1, 0.15) is 0 Å². The number of aromatic amines is 2. The van der Waals surface area contributed by atoms with Gasteiger partial charge in [-0.1, -0.05) is 24.3 Å². The number of benzene rings is 2. The number of fused-ring (bicyclic) bond motifs is 2. The fourth-order valence-corrected chi connectivity index (χ4v) is 2.49. The fourth-order valence-electron chi connectivity index (χ4n) is 2.49. The number of ether oxygens (including phenoxy) is 3. The summed E-state index contributed by atoms with van der Waals surface area (Å²) in [4.78, 5) is 14.9. The number of aromatic nitrogens is 4. The number of rotatable bonds is 8. The van der Waals surface area contributed by atoms with E-state index in [1.165, 1.54) is 0 Å². The molecule has 0 unspecified atom stereocenters. The minimum Gasteiger partial charge on any atom is -0.462 e. The average Bonchev–Trinajstić information content (AvgIpc) is 3.23. The molecular formula is C18H18N4O3. The van der Waals surface area contributed by atoms with Gasteiger partial charge in [-0.15, -0.1) is 0 Å². The predicted molar refractivity (Wildman–Crippen MR) is 94.0 cm³/mol. The second-order valence-electron chi connectivity index (χ2n) is 5.43. The number of nitrogens with zero attached hydrogens (tertiary/aromatic N) is 2. The van der Waals surface area contributed by atoms with Gasteiger partial charge in [-0.2, -0.15) is 9.97 Å². The van der Waals surface area contributed by atoms with E-state index in [0.717, 1.165) is 22.1 Å². The average molecular weight is 338 g/mol. The van der Waals surface area contributed by atoms with Crippen molar-refractivity contribution >= 4 is 22.1 Å². The van der Waals surface area contributed by atoms with Crippen molar-refractivity contribution in [3.05, 3.63) is 48.5 Å². The van der Waals surface area contributed by atoms with Crippen molar-refractivity contribution in [1.29, 1.82) is 0 Å². The summed E-state index contributed by atoms with van der Waals surface area (Å²) in [7, 11) is 0. The van der Waals surface area contributed by atoms with Crippen molar-refractivity contribution in [2.45, 2.75) is 0 Å². The Bertz CT molecular complexity index is 819. The quantitative estimate of drug-likeness (QED) is 0.483. The molecule has 2 N–H and O–H groups in total. The van der Waals surface area contributed by atoms with Crippen molar-refractivity contribution in [3.63, 3.8) is 0 Å². The Morgan fingerprint density at radius 1 is 0.640 bits per heavy atom. The van der Waals surface area contributed by atoms with E-state index in [2.05, 4.69) is 19.9 Å². The van der Waals surface area contributed by atoms with Gasteiger partial charge in [-0.3, -0.25) is 0 Å². The topological polar surface area (TPSA) is 85.0 Å². The van der Waals surface area contributed by atoms with Crippen LogP contribution in [0.25, 0.3) is 22.1 Å². The second-order valence-corrected chi connectivity index (χ2v) is 5.43. The maximum atomic E-state index is 5.54. The molecule has 2 heterocycles. The van der Waals surface area contributed by atoms with Crippen LogP contribution in [-0.2, 0) is 4.74 Å². The first-order valence-corrected chi connectivity index (χ1v) is 8.11. The number of hydrogen-bond acceptors (Lipinski definition) is 5. The van der Waals surface area contributed by atoms with E-state index in [1.54, 1.807) is 0 Å². The summed E-state index contributed by atoms with van der Waals surface area (Å²) in [6, 6.07) is 16.6. The molecule has 0 saturated carbocycles. The highest BCUT2D eigenvalue weighted by Gasteiger charge is 2.03. The highest BCUT2D eigenvalue weighted by molar-refractivity contribution is 5.75. The summed E-state index contributed by atoms with van der Waals surface area (Å²) in [6.07, 6.45) is 0. The molecule has 2 aromatic heterocycles. The summed E-state index contributed by atoms with van der Waals surface area (Å²) < 4.78 is 16.6. The van der Waals surface area contributed by atoms with E-state index in [0.29, 0.717) is 38.4 Å². The zero-order valence-corrected chi connectivity index (χ0v) is 13.6. The molecule has 0 fully saturated rings. The Hall–Kier alpha value is -3.06. The first-order valence-electron chi connectivity index (χ1n) is 8.11. The van der Waals surface area contributed by atoms with E-state index >= 15 is 0 Å². The molecule has 7 heteroatoms. The Labute approximate surface area is 144 Å². The molecule has 0 saturated heterocycles. The molecule has 4 aromatic rings. The van der Waals surface area contributed by atoms with E-state index in [1.807, 2.05) is 48.5 Å². The van der Waals surface area contributed by atoms with Crippen LogP contribution in [0.4, 0.5) is 0 Å². The molecule has 4 rings (SSSR count). The van der Waals surface area contributed by atoms with Crippen molar-refractivity contribution < 1.29 is 14.2 Å². The summed E-state index contributed by atoms with van der Waals surface area (Å²) in [6.45, 7) is 1.76. The van der Waals surface area contributed by atoms with Crippen LogP contribution in [0.3, 0.4) is 0 Å². The van der Waals surface area contributed by atoms with Gasteiger partial charge in [0, 0.05) is 0 Å². The van der Waals surface area contributed by atoms with Gasteiger partial charge in [-0.25, -0.2) is 0 Å². The molecule has 0 aliphatic carbocycles. The lowest BCUT2D eigenvalue weighted by Gasteiger charge is -2.05. The van der Waals surface area contributed by atoms with E-state index in [4.69, 9.17) is 14.2 Å².